The second kappa shape index (κ2) is 6.77. The van der Waals surface area contributed by atoms with Gasteiger partial charge in [-0.05, 0) is 44.4 Å². The van der Waals surface area contributed by atoms with Gasteiger partial charge in [0.15, 0.2) is 0 Å². The predicted molar refractivity (Wildman–Crippen MR) is 93.9 cm³/mol. The molecule has 0 aliphatic rings. The molecule has 1 heterocycles. The molecule has 1 aromatic heterocycles. The molecule has 2 aromatic rings. The molecule has 0 spiro atoms. The number of benzene rings is 1. The zero-order valence-electron chi connectivity index (χ0n) is 14.3. The average molecular weight is 312 g/mol. The first-order chi connectivity index (χ1) is 10.7. The van der Waals surface area contributed by atoms with Crippen LogP contribution in [0.3, 0.4) is 0 Å². The molecule has 122 valence electrons. The Labute approximate surface area is 137 Å². The summed E-state index contributed by atoms with van der Waals surface area (Å²) in [6.45, 7) is 10.4. The van der Waals surface area contributed by atoms with Crippen molar-refractivity contribution in [3.8, 4) is 0 Å². The number of hydrogen-bond acceptors (Lipinski definition) is 4. The van der Waals surface area contributed by atoms with Gasteiger partial charge < -0.3 is 10.6 Å². The summed E-state index contributed by atoms with van der Waals surface area (Å²) in [7, 11) is 0. The molecule has 0 aliphatic carbocycles. The van der Waals surface area contributed by atoms with Gasteiger partial charge in [0.25, 0.3) is 5.91 Å². The molecular weight excluding hydrogens is 288 g/mol. The number of anilines is 2. The first-order valence-corrected chi connectivity index (χ1v) is 7.76. The maximum Gasteiger partial charge on any atom is 0.258 e. The highest BCUT2D eigenvalue weighted by Crippen LogP contribution is 2.17. The van der Waals surface area contributed by atoms with Crippen LogP contribution in [0, 0.1) is 0 Å². The van der Waals surface area contributed by atoms with Crippen molar-refractivity contribution in [2.24, 2.45) is 0 Å². The molecule has 0 saturated heterocycles. The van der Waals surface area contributed by atoms with E-state index in [0.29, 0.717) is 17.4 Å². The van der Waals surface area contributed by atoms with Crippen molar-refractivity contribution in [1.29, 1.82) is 0 Å². The third kappa shape index (κ3) is 5.06. The lowest BCUT2D eigenvalue weighted by molar-refractivity contribution is 0.102. The van der Waals surface area contributed by atoms with Crippen LogP contribution < -0.4 is 10.6 Å². The Kier molecular flexibility index (Phi) is 4.98. The Hall–Kier alpha value is -2.43. The molecule has 0 unspecified atom stereocenters. The highest BCUT2D eigenvalue weighted by Gasteiger charge is 2.12. The number of carbonyl (C=O) groups excluding carboxylic acids is 1. The van der Waals surface area contributed by atoms with E-state index in [2.05, 4.69) is 34.4 Å². The lowest BCUT2D eigenvalue weighted by Crippen LogP contribution is -2.27. The van der Waals surface area contributed by atoms with Crippen LogP contribution in [0.15, 0.2) is 36.7 Å². The fourth-order valence-electron chi connectivity index (χ4n) is 2.00. The lowest BCUT2D eigenvalue weighted by atomic mass is 10.0. The minimum absolute atomic E-state index is 0.123. The van der Waals surface area contributed by atoms with E-state index in [9.17, 15) is 4.79 Å². The van der Waals surface area contributed by atoms with Crippen LogP contribution >= 0.6 is 0 Å². The van der Waals surface area contributed by atoms with Crippen LogP contribution in [0.4, 0.5) is 11.6 Å². The van der Waals surface area contributed by atoms with E-state index in [4.69, 9.17) is 0 Å². The summed E-state index contributed by atoms with van der Waals surface area (Å²) < 4.78 is 0. The molecule has 23 heavy (non-hydrogen) atoms. The van der Waals surface area contributed by atoms with Crippen molar-refractivity contribution in [2.45, 2.75) is 46.1 Å². The highest BCUT2D eigenvalue weighted by molar-refractivity contribution is 6.03. The van der Waals surface area contributed by atoms with Crippen molar-refractivity contribution in [3.05, 3.63) is 47.8 Å². The smallest absolute Gasteiger partial charge is 0.258 e. The van der Waals surface area contributed by atoms with Crippen LogP contribution in [-0.4, -0.2) is 21.4 Å². The van der Waals surface area contributed by atoms with Crippen LogP contribution in [0.5, 0.6) is 0 Å². The molecule has 0 fully saturated rings. The molecule has 0 atom stereocenters. The quantitative estimate of drug-likeness (QED) is 0.893. The Morgan fingerprint density at radius 2 is 1.61 bits per heavy atom. The summed E-state index contributed by atoms with van der Waals surface area (Å²) in [6, 6.07) is 7.85. The lowest BCUT2D eigenvalue weighted by Gasteiger charge is -2.20. The molecule has 0 bridgehead atoms. The van der Waals surface area contributed by atoms with Crippen molar-refractivity contribution < 1.29 is 4.79 Å². The van der Waals surface area contributed by atoms with Gasteiger partial charge in [-0.3, -0.25) is 4.79 Å². The van der Waals surface area contributed by atoms with E-state index in [1.54, 1.807) is 0 Å². The van der Waals surface area contributed by atoms with Crippen LogP contribution in [0.2, 0.25) is 0 Å². The van der Waals surface area contributed by atoms with Gasteiger partial charge in [-0.25, -0.2) is 9.97 Å². The van der Waals surface area contributed by atoms with E-state index in [-0.39, 0.29) is 11.4 Å². The second-order valence-electron chi connectivity index (χ2n) is 6.90. The summed E-state index contributed by atoms with van der Waals surface area (Å²) >= 11 is 0. The number of amides is 1. The van der Waals surface area contributed by atoms with Crippen LogP contribution in [-0.2, 0) is 0 Å². The zero-order valence-corrected chi connectivity index (χ0v) is 14.3. The minimum atomic E-state index is -0.218. The van der Waals surface area contributed by atoms with E-state index in [1.165, 1.54) is 18.0 Å². The Balaban J connectivity index is 2.03. The van der Waals surface area contributed by atoms with E-state index >= 15 is 0 Å². The molecule has 2 rings (SSSR count). The molecule has 1 aromatic carbocycles. The number of nitrogens with one attached hydrogen (secondary N) is 2. The molecule has 0 saturated carbocycles. The first kappa shape index (κ1) is 16.9. The highest BCUT2D eigenvalue weighted by atomic mass is 16.1. The van der Waals surface area contributed by atoms with Gasteiger partial charge in [0.1, 0.15) is 0 Å². The largest absolute Gasteiger partial charge is 0.350 e. The maximum atomic E-state index is 12.2. The molecular formula is C18H24N4O. The summed E-state index contributed by atoms with van der Waals surface area (Å²) in [5.41, 5.74) is 2.31. The van der Waals surface area contributed by atoms with Crippen LogP contribution in [0.25, 0.3) is 0 Å². The monoisotopic (exact) mass is 312 g/mol. The van der Waals surface area contributed by atoms with Gasteiger partial charge in [-0.15, -0.1) is 0 Å². The number of aromatic nitrogens is 2. The number of carbonyl (C=O) groups is 1. The number of rotatable bonds is 4. The average Bonchev–Trinajstić information content (AvgIpc) is 2.46. The molecule has 0 radical (unpaired) electrons. The van der Waals surface area contributed by atoms with Gasteiger partial charge >= 0.3 is 0 Å². The summed E-state index contributed by atoms with van der Waals surface area (Å²) in [5.74, 6) is 0.760. The molecule has 5 heteroatoms. The molecule has 5 nitrogen and oxygen atoms in total. The van der Waals surface area contributed by atoms with Gasteiger partial charge in [-0.1, -0.05) is 26.0 Å². The minimum Gasteiger partial charge on any atom is -0.350 e. The third-order valence-electron chi connectivity index (χ3n) is 3.24. The fourth-order valence-corrected chi connectivity index (χ4v) is 2.00. The van der Waals surface area contributed by atoms with Crippen molar-refractivity contribution in [2.75, 3.05) is 10.6 Å². The topological polar surface area (TPSA) is 66.9 Å². The van der Waals surface area contributed by atoms with Gasteiger partial charge in [0.05, 0.1) is 5.56 Å². The molecule has 0 aliphatic heterocycles. The maximum absolute atomic E-state index is 12.2. The van der Waals surface area contributed by atoms with E-state index in [1.807, 2.05) is 45.0 Å². The van der Waals surface area contributed by atoms with Gasteiger partial charge in [0.2, 0.25) is 5.95 Å². The SMILES string of the molecule is CC(C)c1ccc(NC(=O)c2cnc(NC(C)(C)C)nc2)cc1. The molecule has 1 amide bonds. The first-order valence-electron chi connectivity index (χ1n) is 7.76. The standard InChI is InChI=1S/C18H24N4O/c1-12(2)13-6-8-15(9-7-13)21-16(23)14-10-19-17(20-11-14)22-18(3,4)5/h6-12H,1-5H3,(H,21,23)(H,19,20,22). The number of hydrogen-bond donors (Lipinski definition) is 2. The Bertz CT molecular complexity index is 655. The fraction of sp³-hybridized carbons (Fsp3) is 0.389. The van der Waals surface area contributed by atoms with Crippen LogP contribution in [0.1, 0.15) is 56.5 Å². The van der Waals surface area contributed by atoms with Crippen molar-refractivity contribution in [1.82, 2.24) is 9.97 Å². The van der Waals surface area contributed by atoms with Gasteiger partial charge in [-0.2, -0.15) is 0 Å². The van der Waals surface area contributed by atoms with Crippen molar-refractivity contribution in [3.63, 3.8) is 0 Å². The summed E-state index contributed by atoms with van der Waals surface area (Å²) in [5, 5.41) is 6.01. The van der Waals surface area contributed by atoms with Crippen molar-refractivity contribution >= 4 is 17.5 Å². The summed E-state index contributed by atoms with van der Waals surface area (Å²) in [4.78, 5) is 20.6. The zero-order chi connectivity index (χ0) is 17.0. The van der Waals surface area contributed by atoms with E-state index < -0.39 is 0 Å². The normalized spacial score (nSPS) is 11.4. The third-order valence-corrected chi connectivity index (χ3v) is 3.24. The molecule has 2 N–H and O–H groups in total. The Morgan fingerprint density at radius 3 is 2.09 bits per heavy atom. The Morgan fingerprint density at radius 1 is 1.04 bits per heavy atom. The predicted octanol–water partition coefficient (Wildman–Crippen LogP) is 4.06. The second-order valence-corrected chi connectivity index (χ2v) is 6.90. The number of nitrogens with zero attached hydrogens (tertiary/aromatic N) is 2. The van der Waals surface area contributed by atoms with E-state index in [0.717, 1.165) is 5.69 Å². The summed E-state index contributed by atoms with van der Waals surface area (Å²) in [6.07, 6.45) is 3.05. The van der Waals surface area contributed by atoms with Gasteiger partial charge in [0, 0.05) is 23.6 Å².